The van der Waals surface area contributed by atoms with Gasteiger partial charge >= 0.3 is 0 Å². The van der Waals surface area contributed by atoms with Gasteiger partial charge in [0.25, 0.3) is 5.91 Å². The van der Waals surface area contributed by atoms with E-state index in [-0.39, 0.29) is 24.1 Å². The highest BCUT2D eigenvalue weighted by atomic mass is 19.1. The van der Waals surface area contributed by atoms with Crippen molar-refractivity contribution >= 4 is 11.8 Å². The summed E-state index contributed by atoms with van der Waals surface area (Å²) in [6.45, 7) is 5.47. The van der Waals surface area contributed by atoms with Gasteiger partial charge in [0.1, 0.15) is 0 Å². The van der Waals surface area contributed by atoms with Crippen LogP contribution < -0.4 is 15.4 Å². The molecule has 2 amide bonds. The van der Waals surface area contributed by atoms with Crippen LogP contribution in [0, 0.1) is 19.7 Å². The third-order valence-electron chi connectivity index (χ3n) is 4.23. The number of benzene rings is 2. The first-order valence-electron chi connectivity index (χ1n) is 8.30. The summed E-state index contributed by atoms with van der Waals surface area (Å²) in [5, 5.41) is 5.31. The number of carbonyl (C=O) groups is 2. The van der Waals surface area contributed by atoms with Gasteiger partial charge in [0.15, 0.2) is 11.6 Å². The molecule has 0 radical (unpaired) electrons. The highest BCUT2D eigenvalue weighted by Crippen LogP contribution is 2.21. The highest BCUT2D eigenvalue weighted by molar-refractivity contribution is 5.96. The summed E-state index contributed by atoms with van der Waals surface area (Å²) < 4.78 is 18.6. The number of amides is 2. The fourth-order valence-corrected chi connectivity index (χ4v) is 2.47. The van der Waals surface area contributed by atoms with E-state index in [1.165, 1.54) is 19.2 Å². The standard InChI is InChI=1S/C20H23FN2O3/c1-12-5-6-16(9-13(12)2)20(25)22-11-19(24)23-14(3)15-7-8-18(26-4)17(21)10-15/h5-10,14H,11H2,1-4H3,(H,22,25)(H,23,24)/t14-/m1/s1. The summed E-state index contributed by atoms with van der Waals surface area (Å²) in [6, 6.07) is 9.47. The molecule has 0 spiro atoms. The molecule has 2 aromatic carbocycles. The molecule has 2 aromatic rings. The van der Waals surface area contributed by atoms with E-state index >= 15 is 0 Å². The average molecular weight is 358 g/mol. The predicted octanol–water partition coefficient (Wildman–Crippen LogP) is 3.06. The zero-order valence-electron chi connectivity index (χ0n) is 15.4. The van der Waals surface area contributed by atoms with Crippen LogP contribution in [0.15, 0.2) is 36.4 Å². The fourth-order valence-electron chi connectivity index (χ4n) is 2.47. The monoisotopic (exact) mass is 358 g/mol. The van der Waals surface area contributed by atoms with E-state index < -0.39 is 11.9 Å². The molecule has 2 rings (SSSR count). The Hall–Kier alpha value is -2.89. The molecule has 26 heavy (non-hydrogen) atoms. The number of nitrogens with one attached hydrogen (secondary N) is 2. The van der Waals surface area contributed by atoms with Crippen LogP contribution >= 0.6 is 0 Å². The number of carbonyl (C=O) groups excluding carboxylic acids is 2. The number of methoxy groups -OCH3 is 1. The van der Waals surface area contributed by atoms with Crippen LogP contribution in [-0.4, -0.2) is 25.5 Å². The summed E-state index contributed by atoms with van der Waals surface area (Å²) in [5.41, 5.74) is 3.22. The smallest absolute Gasteiger partial charge is 0.251 e. The molecule has 138 valence electrons. The zero-order chi connectivity index (χ0) is 19.3. The van der Waals surface area contributed by atoms with E-state index in [0.29, 0.717) is 11.1 Å². The van der Waals surface area contributed by atoms with Crippen LogP contribution in [-0.2, 0) is 4.79 Å². The van der Waals surface area contributed by atoms with Gasteiger partial charge in [-0.2, -0.15) is 0 Å². The number of hydrogen-bond donors (Lipinski definition) is 2. The lowest BCUT2D eigenvalue weighted by Crippen LogP contribution is -2.38. The minimum absolute atomic E-state index is 0.146. The van der Waals surface area contributed by atoms with E-state index in [4.69, 9.17) is 4.74 Å². The van der Waals surface area contributed by atoms with E-state index in [2.05, 4.69) is 10.6 Å². The molecule has 0 aliphatic rings. The Balaban J connectivity index is 1.90. The maximum atomic E-state index is 13.8. The van der Waals surface area contributed by atoms with Crippen LogP contribution in [0.1, 0.15) is 40.0 Å². The van der Waals surface area contributed by atoms with Crippen molar-refractivity contribution in [1.82, 2.24) is 10.6 Å². The third kappa shape index (κ3) is 4.81. The minimum atomic E-state index is -0.492. The van der Waals surface area contributed by atoms with Gasteiger partial charge in [-0.05, 0) is 61.7 Å². The molecule has 2 N–H and O–H groups in total. The second kappa shape index (κ2) is 8.47. The van der Waals surface area contributed by atoms with E-state index in [1.807, 2.05) is 19.9 Å². The summed E-state index contributed by atoms with van der Waals surface area (Å²) in [6.07, 6.45) is 0. The van der Waals surface area contributed by atoms with Crippen LogP contribution in [0.5, 0.6) is 5.75 Å². The van der Waals surface area contributed by atoms with Crippen molar-refractivity contribution < 1.29 is 18.7 Å². The van der Waals surface area contributed by atoms with E-state index in [1.54, 1.807) is 25.1 Å². The lowest BCUT2D eigenvalue weighted by Gasteiger charge is -2.15. The predicted molar refractivity (Wildman–Crippen MR) is 97.8 cm³/mol. The number of rotatable bonds is 6. The van der Waals surface area contributed by atoms with Gasteiger partial charge in [-0.1, -0.05) is 12.1 Å². The zero-order valence-corrected chi connectivity index (χ0v) is 15.4. The number of ether oxygens (including phenoxy) is 1. The summed E-state index contributed by atoms with van der Waals surface area (Å²) in [4.78, 5) is 24.2. The number of hydrogen-bond acceptors (Lipinski definition) is 3. The molecule has 0 saturated heterocycles. The number of aryl methyl sites for hydroxylation is 2. The highest BCUT2D eigenvalue weighted by Gasteiger charge is 2.14. The molecule has 5 nitrogen and oxygen atoms in total. The normalized spacial score (nSPS) is 11.6. The van der Waals surface area contributed by atoms with Gasteiger partial charge in [-0.15, -0.1) is 0 Å². The van der Waals surface area contributed by atoms with Gasteiger partial charge < -0.3 is 15.4 Å². The first-order valence-corrected chi connectivity index (χ1v) is 8.30. The maximum Gasteiger partial charge on any atom is 0.251 e. The fraction of sp³-hybridized carbons (Fsp3) is 0.300. The van der Waals surface area contributed by atoms with Crippen molar-refractivity contribution in [2.75, 3.05) is 13.7 Å². The molecule has 0 aliphatic heterocycles. The number of halogens is 1. The molecule has 0 bridgehead atoms. The second-order valence-corrected chi connectivity index (χ2v) is 6.16. The molecular formula is C20H23FN2O3. The van der Waals surface area contributed by atoms with Crippen molar-refractivity contribution in [3.05, 3.63) is 64.5 Å². The van der Waals surface area contributed by atoms with Crippen LogP contribution in [0.2, 0.25) is 0 Å². The molecule has 0 heterocycles. The lowest BCUT2D eigenvalue weighted by atomic mass is 10.1. The van der Waals surface area contributed by atoms with Crippen molar-refractivity contribution in [2.45, 2.75) is 26.8 Å². The topological polar surface area (TPSA) is 67.4 Å². The summed E-state index contributed by atoms with van der Waals surface area (Å²) >= 11 is 0. The Bertz CT molecular complexity index is 821. The molecular weight excluding hydrogens is 335 g/mol. The molecule has 6 heteroatoms. The van der Waals surface area contributed by atoms with Crippen molar-refractivity contribution in [2.24, 2.45) is 0 Å². The Morgan fingerprint density at radius 2 is 1.85 bits per heavy atom. The molecule has 0 unspecified atom stereocenters. The van der Waals surface area contributed by atoms with Crippen LogP contribution in [0.3, 0.4) is 0 Å². The summed E-state index contributed by atoms with van der Waals surface area (Å²) in [5.74, 6) is -1.01. The van der Waals surface area contributed by atoms with E-state index in [9.17, 15) is 14.0 Å². The average Bonchev–Trinajstić information content (AvgIpc) is 2.61. The molecule has 0 aliphatic carbocycles. The van der Waals surface area contributed by atoms with Gasteiger partial charge in [0.2, 0.25) is 5.91 Å². The molecule has 0 fully saturated rings. The molecule has 0 aromatic heterocycles. The van der Waals surface area contributed by atoms with Crippen molar-refractivity contribution in [3.8, 4) is 5.75 Å². The van der Waals surface area contributed by atoms with Gasteiger partial charge in [0, 0.05) is 5.56 Å². The largest absolute Gasteiger partial charge is 0.494 e. The van der Waals surface area contributed by atoms with Crippen molar-refractivity contribution in [1.29, 1.82) is 0 Å². The quantitative estimate of drug-likeness (QED) is 0.834. The summed E-state index contributed by atoms with van der Waals surface area (Å²) in [7, 11) is 1.39. The molecule has 0 saturated carbocycles. The van der Waals surface area contributed by atoms with Gasteiger partial charge in [-0.25, -0.2) is 4.39 Å². The Labute approximate surface area is 152 Å². The SMILES string of the molecule is COc1ccc([C@@H](C)NC(=O)CNC(=O)c2ccc(C)c(C)c2)cc1F. The third-order valence-corrected chi connectivity index (χ3v) is 4.23. The molecule has 1 atom stereocenters. The van der Waals surface area contributed by atoms with E-state index in [0.717, 1.165) is 11.1 Å². The lowest BCUT2D eigenvalue weighted by molar-refractivity contribution is -0.120. The Morgan fingerprint density at radius 3 is 2.46 bits per heavy atom. The van der Waals surface area contributed by atoms with Crippen LogP contribution in [0.4, 0.5) is 4.39 Å². The Morgan fingerprint density at radius 1 is 1.12 bits per heavy atom. The van der Waals surface area contributed by atoms with Gasteiger partial charge in [0.05, 0.1) is 19.7 Å². The maximum absolute atomic E-state index is 13.8. The Kier molecular flexibility index (Phi) is 6.33. The second-order valence-electron chi connectivity index (χ2n) is 6.16. The first-order chi connectivity index (χ1) is 12.3. The van der Waals surface area contributed by atoms with Crippen LogP contribution in [0.25, 0.3) is 0 Å². The minimum Gasteiger partial charge on any atom is -0.494 e. The van der Waals surface area contributed by atoms with Crippen molar-refractivity contribution in [3.63, 3.8) is 0 Å². The first kappa shape index (κ1) is 19.4. The van der Waals surface area contributed by atoms with Gasteiger partial charge in [-0.3, -0.25) is 9.59 Å².